The van der Waals surface area contributed by atoms with E-state index in [0.717, 1.165) is 13.1 Å². The lowest BCUT2D eigenvalue weighted by Crippen LogP contribution is -2.42. The van der Waals surface area contributed by atoms with Crippen LogP contribution in [-0.2, 0) is 15.5 Å². The number of hydrogen-bond acceptors (Lipinski definition) is 4. The van der Waals surface area contributed by atoms with E-state index in [-0.39, 0.29) is 17.0 Å². The van der Waals surface area contributed by atoms with E-state index in [0.29, 0.717) is 22.9 Å². The van der Waals surface area contributed by atoms with Gasteiger partial charge in [0.05, 0.1) is 39.4 Å². The summed E-state index contributed by atoms with van der Waals surface area (Å²) in [6, 6.07) is 0. The normalized spacial score (nSPS) is 11.1. The molecule has 0 atom stereocenters. The summed E-state index contributed by atoms with van der Waals surface area (Å²) < 4.78 is 21.5. The summed E-state index contributed by atoms with van der Waals surface area (Å²) in [6.07, 6.45) is 1.12. The van der Waals surface area contributed by atoms with Crippen LogP contribution in [0.2, 0.25) is 0 Å². The Kier molecular flexibility index (Phi) is 9.19. The maximum atomic E-state index is 11.4. The monoisotopic (exact) mass is 265 g/mol. The SMILES string of the molecule is C=C(C)C(=O)CC[N+](C)(C)CCC[SH](=O)=O.[OH-]. The van der Waals surface area contributed by atoms with Crippen LogP contribution >= 0.6 is 0 Å². The fourth-order valence-corrected chi connectivity index (χ4v) is 1.76. The third-order valence-corrected chi connectivity index (χ3v) is 3.21. The number of carbonyl (C=O) groups is 1. The molecule has 6 heteroatoms. The van der Waals surface area contributed by atoms with Gasteiger partial charge in [-0.25, -0.2) is 8.42 Å². The van der Waals surface area contributed by atoms with Gasteiger partial charge in [-0.3, -0.25) is 4.79 Å². The van der Waals surface area contributed by atoms with Crippen molar-refractivity contribution in [2.45, 2.75) is 19.8 Å². The highest BCUT2D eigenvalue weighted by molar-refractivity contribution is 7.72. The second kappa shape index (κ2) is 8.38. The molecule has 0 saturated heterocycles. The molecule has 0 radical (unpaired) electrons. The van der Waals surface area contributed by atoms with E-state index in [1.54, 1.807) is 6.92 Å². The fraction of sp³-hybridized carbons (Fsp3) is 0.727. The average Bonchev–Trinajstić information content (AvgIpc) is 2.13. The lowest BCUT2D eigenvalue weighted by Gasteiger charge is -2.29. The molecule has 0 aromatic carbocycles. The summed E-state index contributed by atoms with van der Waals surface area (Å²) >= 11 is 0. The Hall–Kier alpha value is -0.720. The van der Waals surface area contributed by atoms with Gasteiger partial charge < -0.3 is 9.96 Å². The lowest BCUT2D eigenvalue weighted by atomic mass is 10.1. The van der Waals surface area contributed by atoms with E-state index in [2.05, 4.69) is 6.58 Å². The summed E-state index contributed by atoms with van der Waals surface area (Å²) in [6.45, 7) is 6.81. The maximum Gasteiger partial charge on any atom is 0.163 e. The molecule has 0 fully saturated rings. The smallest absolute Gasteiger partial charge is 0.163 e. The van der Waals surface area contributed by atoms with Crippen LogP contribution in [-0.4, -0.2) is 57.1 Å². The van der Waals surface area contributed by atoms with Crippen LogP contribution in [0, 0.1) is 0 Å². The average molecular weight is 265 g/mol. The lowest BCUT2D eigenvalue weighted by molar-refractivity contribution is -0.889. The van der Waals surface area contributed by atoms with Crippen LogP contribution in [0.3, 0.4) is 0 Å². The van der Waals surface area contributed by atoms with Gasteiger partial charge in [0.15, 0.2) is 5.78 Å². The number of quaternary nitrogens is 1. The van der Waals surface area contributed by atoms with Gasteiger partial charge in [-0.1, -0.05) is 6.58 Å². The van der Waals surface area contributed by atoms with Crippen molar-refractivity contribution in [1.82, 2.24) is 0 Å². The highest BCUT2D eigenvalue weighted by Gasteiger charge is 2.16. The van der Waals surface area contributed by atoms with Gasteiger partial charge in [0.1, 0.15) is 10.7 Å². The minimum Gasteiger partial charge on any atom is -0.870 e. The number of Topliss-reactive ketones (excluding diaryl/α,β-unsaturated/α-hetero) is 1. The molecule has 102 valence electrons. The van der Waals surface area contributed by atoms with Crippen molar-refractivity contribution >= 4 is 16.5 Å². The fourth-order valence-electron chi connectivity index (χ4n) is 1.36. The number of carbonyl (C=O) groups excluding carboxylic acids is 1. The summed E-state index contributed by atoms with van der Waals surface area (Å²) in [5, 5.41) is 0. The van der Waals surface area contributed by atoms with Gasteiger partial charge in [0, 0.05) is 6.42 Å². The van der Waals surface area contributed by atoms with Crippen LogP contribution in [0.4, 0.5) is 0 Å². The second-order valence-corrected chi connectivity index (χ2v) is 5.86. The number of rotatable bonds is 8. The van der Waals surface area contributed by atoms with Crippen molar-refractivity contribution in [3.05, 3.63) is 12.2 Å². The first-order valence-electron chi connectivity index (χ1n) is 5.37. The molecule has 5 nitrogen and oxygen atoms in total. The third kappa shape index (κ3) is 10.2. The highest BCUT2D eigenvalue weighted by atomic mass is 32.2. The molecule has 17 heavy (non-hydrogen) atoms. The molecule has 0 amide bonds. The van der Waals surface area contributed by atoms with Crippen molar-refractivity contribution in [3.63, 3.8) is 0 Å². The Bertz CT molecular complexity index is 326. The molecular weight excluding hydrogens is 242 g/mol. The molecule has 0 aromatic rings. The summed E-state index contributed by atoms with van der Waals surface area (Å²) in [4.78, 5) is 11.4. The molecule has 0 aliphatic rings. The van der Waals surface area contributed by atoms with Crippen molar-refractivity contribution in [2.75, 3.05) is 32.9 Å². The van der Waals surface area contributed by atoms with Gasteiger partial charge in [-0.05, 0) is 12.5 Å². The quantitative estimate of drug-likeness (QED) is 0.392. The third-order valence-electron chi connectivity index (χ3n) is 2.52. The molecule has 1 N–H and O–H groups in total. The van der Waals surface area contributed by atoms with Crippen LogP contribution in [0.25, 0.3) is 0 Å². The minimum absolute atomic E-state index is 0. The molecule has 0 aliphatic heterocycles. The Morgan fingerprint density at radius 1 is 1.24 bits per heavy atom. The molecule has 0 aliphatic carbocycles. The number of hydrogen-bond donors (Lipinski definition) is 1. The molecular formula is C11H23NO4S. The molecule has 0 rings (SSSR count). The number of ketones is 1. The van der Waals surface area contributed by atoms with Gasteiger partial charge in [0.25, 0.3) is 0 Å². The largest absolute Gasteiger partial charge is 0.870 e. The van der Waals surface area contributed by atoms with Crippen LogP contribution < -0.4 is 0 Å². The van der Waals surface area contributed by atoms with Gasteiger partial charge in [0.2, 0.25) is 0 Å². The molecule has 0 aromatic heterocycles. The van der Waals surface area contributed by atoms with Crippen LogP contribution in [0.1, 0.15) is 19.8 Å². The topological polar surface area (TPSA) is 81.2 Å². The highest BCUT2D eigenvalue weighted by Crippen LogP contribution is 2.04. The minimum atomic E-state index is -2.28. The van der Waals surface area contributed by atoms with Crippen molar-refractivity contribution in [2.24, 2.45) is 0 Å². The van der Waals surface area contributed by atoms with Gasteiger partial charge >= 0.3 is 0 Å². The Morgan fingerprint density at radius 3 is 2.18 bits per heavy atom. The molecule has 0 bridgehead atoms. The van der Waals surface area contributed by atoms with Gasteiger partial charge in [-0.15, -0.1) is 0 Å². The number of thiol groups is 1. The van der Waals surface area contributed by atoms with Crippen LogP contribution in [0.15, 0.2) is 12.2 Å². The van der Waals surface area contributed by atoms with Crippen LogP contribution in [0.5, 0.6) is 0 Å². The molecule has 0 heterocycles. The summed E-state index contributed by atoms with van der Waals surface area (Å²) in [5.41, 5.74) is 0.586. The Labute approximate surface area is 105 Å². The van der Waals surface area contributed by atoms with E-state index in [1.165, 1.54) is 0 Å². The predicted molar refractivity (Wildman–Crippen MR) is 68.0 cm³/mol. The first-order valence-corrected chi connectivity index (χ1v) is 6.73. The standard InChI is InChI=1S/C11H22NO3S.H2O/c1-10(2)11(13)6-8-12(3,4)7-5-9-16(14)15;/h16H,1,5-9H2,2-4H3;1H2/q+1;/p-1. The van der Waals surface area contributed by atoms with E-state index in [1.807, 2.05) is 14.1 Å². The Morgan fingerprint density at radius 2 is 1.76 bits per heavy atom. The molecule has 0 spiro atoms. The van der Waals surface area contributed by atoms with Crippen molar-refractivity contribution in [1.29, 1.82) is 0 Å². The van der Waals surface area contributed by atoms with Crippen molar-refractivity contribution < 1.29 is 23.2 Å². The van der Waals surface area contributed by atoms with E-state index < -0.39 is 10.7 Å². The zero-order valence-electron chi connectivity index (χ0n) is 10.8. The number of nitrogens with zero attached hydrogens (tertiary/aromatic N) is 1. The zero-order valence-corrected chi connectivity index (χ0v) is 11.7. The summed E-state index contributed by atoms with van der Waals surface area (Å²) in [7, 11) is 1.73. The maximum absolute atomic E-state index is 11.4. The first-order chi connectivity index (χ1) is 7.24. The second-order valence-electron chi connectivity index (χ2n) is 4.75. The predicted octanol–water partition coefficient (Wildman–Crippen LogP) is 0.423. The van der Waals surface area contributed by atoms with E-state index in [4.69, 9.17) is 0 Å². The van der Waals surface area contributed by atoms with Crippen molar-refractivity contribution in [3.8, 4) is 0 Å². The number of allylic oxidation sites excluding steroid dienone is 1. The summed E-state index contributed by atoms with van der Waals surface area (Å²) in [5.74, 6) is 0.312. The van der Waals surface area contributed by atoms with E-state index >= 15 is 0 Å². The zero-order chi connectivity index (χ0) is 12.8. The first kappa shape index (κ1) is 18.6. The van der Waals surface area contributed by atoms with Gasteiger partial charge in [-0.2, -0.15) is 0 Å². The van der Waals surface area contributed by atoms with E-state index in [9.17, 15) is 13.2 Å². The Balaban J connectivity index is 0. The molecule has 0 saturated carbocycles. The molecule has 0 unspecified atom stereocenters.